The topological polar surface area (TPSA) is 114 Å². The van der Waals surface area contributed by atoms with Crippen LogP contribution in [0.15, 0.2) is 10.6 Å². The molecule has 9 heteroatoms. The van der Waals surface area contributed by atoms with Crippen molar-refractivity contribution >= 4 is 22.7 Å². The standard InChI is InChI=1S/C16H23N5O3S/c1-10-9-12(24-21-10)13-17-15(20-19-13)18-14(22)16(2,3)25(23)11-7-5-4-6-8-11/h9,11H,4-8H2,1-3H3,(H2,17,18,19,20,22). The van der Waals surface area contributed by atoms with E-state index in [-0.39, 0.29) is 17.1 Å². The van der Waals surface area contributed by atoms with Crippen molar-refractivity contribution in [3.8, 4) is 11.6 Å². The molecule has 1 amide bonds. The van der Waals surface area contributed by atoms with E-state index in [1.807, 2.05) is 0 Å². The fraction of sp³-hybridized carbons (Fsp3) is 0.625. The molecule has 0 saturated heterocycles. The molecule has 2 aromatic rings. The maximum atomic E-state index is 12.9. The van der Waals surface area contributed by atoms with E-state index in [9.17, 15) is 9.00 Å². The van der Waals surface area contributed by atoms with Crippen LogP contribution in [0.2, 0.25) is 0 Å². The Morgan fingerprint density at radius 2 is 2.08 bits per heavy atom. The Labute approximate surface area is 148 Å². The molecule has 0 aliphatic heterocycles. The zero-order valence-corrected chi connectivity index (χ0v) is 15.5. The van der Waals surface area contributed by atoms with E-state index in [0.29, 0.717) is 11.6 Å². The number of rotatable bonds is 5. The average Bonchev–Trinajstić information content (AvgIpc) is 3.23. The SMILES string of the molecule is Cc1cc(-c2nc(NC(=O)C(C)(C)S(=O)C3CCCCC3)n[nH]2)on1. The summed E-state index contributed by atoms with van der Waals surface area (Å²) in [5.41, 5.74) is 0.723. The molecule has 2 heterocycles. The molecule has 25 heavy (non-hydrogen) atoms. The first-order valence-electron chi connectivity index (χ1n) is 8.46. The number of nitrogens with zero attached hydrogens (tertiary/aromatic N) is 3. The number of aryl methyl sites for hydroxylation is 1. The Morgan fingerprint density at radius 3 is 2.72 bits per heavy atom. The molecule has 1 atom stereocenters. The number of carbonyl (C=O) groups is 1. The zero-order chi connectivity index (χ0) is 18.0. The highest BCUT2D eigenvalue weighted by Crippen LogP contribution is 2.29. The number of anilines is 1. The van der Waals surface area contributed by atoms with E-state index >= 15 is 0 Å². The Balaban J connectivity index is 1.68. The zero-order valence-electron chi connectivity index (χ0n) is 14.7. The lowest BCUT2D eigenvalue weighted by Crippen LogP contribution is -2.45. The number of nitrogens with one attached hydrogen (secondary N) is 2. The summed E-state index contributed by atoms with van der Waals surface area (Å²) in [5.74, 6) is 0.594. The molecule has 8 nitrogen and oxygen atoms in total. The first-order valence-corrected chi connectivity index (χ1v) is 9.67. The van der Waals surface area contributed by atoms with Crippen molar-refractivity contribution in [3.63, 3.8) is 0 Å². The minimum Gasteiger partial charge on any atom is -0.353 e. The van der Waals surface area contributed by atoms with Gasteiger partial charge in [0.25, 0.3) is 0 Å². The van der Waals surface area contributed by atoms with Gasteiger partial charge in [0.2, 0.25) is 17.6 Å². The summed E-state index contributed by atoms with van der Waals surface area (Å²) >= 11 is 0. The molecule has 2 aromatic heterocycles. The van der Waals surface area contributed by atoms with Crippen molar-refractivity contribution in [1.82, 2.24) is 20.3 Å². The second-order valence-corrected chi connectivity index (χ2v) is 9.14. The first-order chi connectivity index (χ1) is 11.9. The fourth-order valence-electron chi connectivity index (χ4n) is 2.94. The van der Waals surface area contributed by atoms with Crippen molar-refractivity contribution in [2.45, 2.75) is 62.9 Å². The highest BCUT2D eigenvalue weighted by atomic mass is 32.2. The van der Waals surface area contributed by atoms with Crippen LogP contribution in [0.5, 0.6) is 0 Å². The van der Waals surface area contributed by atoms with E-state index in [2.05, 4.69) is 25.7 Å². The summed E-state index contributed by atoms with van der Waals surface area (Å²) in [6, 6.07) is 1.72. The maximum Gasteiger partial charge on any atom is 0.249 e. The quantitative estimate of drug-likeness (QED) is 0.842. The van der Waals surface area contributed by atoms with Crippen LogP contribution in [0.4, 0.5) is 5.95 Å². The summed E-state index contributed by atoms with van der Waals surface area (Å²) in [6.45, 7) is 5.22. The normalized spacial score (nSPS) is 17.4. The number of hydrogen-bond acceptors (Lipinski definition) is 6. The summed E-state index contributed by atoms with van der Waals surface area (Å²) < 4.78 is 17.0. The van der Waals surface area contributed by atoms with Gasteiger partial charge in [-0.05, 0) is 33.6 Å². The third kappa shape index (κ3) is 3.81. The van der Waals surface area contributed by atoms with Gasteiger partial charge in [0, 0.05) is 22.1 Å². The molecule has 1 aliphatic carbocycles. The minimum absolute atomic E-state index is 0.0781. The molecule has 1 unspecified atom stereocenters. The molecule has 0 bridgehead atoms. The summed E-state index contributed by atoms with van der Waals surface area (Å²) in [6.07, 6.45) is 5.17. The van der Waals surface area contributed by atoms with Crippen LogP contribution >= 0.6 is 0 Å². The van der Waals surface area contributed by atoms with Crippen molar-refractivity contribution < 1.29 is 13.5 Å². The highest BCUT2D eigenvalue weighted by molar-refractivity contribution is 7.87. The van der Waals surface area contributed by atoms with Gasteiger partial charge >= 0.3 is 0 Å². The Bertz CT molecular complexity index is 776. The third-order valence-electron chi connectivity index (χ3n) is 4.48. The second kappa shape index (κ2) is 7.07. The molecule has 2 N–H and O–H groups in total. The number of aromatic nitrogens is 4. The Morgan fingerprint density at radius 1 is 1.36 bits per heavy atom. The van der Waals surface area contributed by atoms with Crippen molar-refractivity contribution in [1.29, 1.82) is 0 Å². The minimum atomic E-state index is -1.25. The van der Waals surface area contributed by atoms with Gasteiger partial charge in [-0.1, -0.05) is 24.4 Å². The van der Waals surface area contributed by atoms with Gasteiger partial charge in [0.05, 0.1) is 5.69 Å². The van der Waals surface area contributed by atoms with Gasteiger partial charge in [-0.3, -0.25) is 19.4 Å². The van der Waals surface area contributed by atoms with Crippen LogP contribution in [-0.4, -0.2) is 40.5 Å². The average molecular weight is 365 g/mol. The van der Waals surface area contributed by atoms with Crippen molar-refractivity contribution in [2.24, 2.45) is 0 Å². The van der Waals surface area contributed by atoms with Crippen LogP contribution in [0.3, 0.4) is 0 Å². The van der Waals surface area contributed by atoms with Crippen LogP contribution in [0, 0.1) is 6.92 Å². The molecule has 0 radical (unpaired) electrons. The van der Waals surface area contributed by atoms with E-state index in [4.69, 9.17) is 4.52 Å². The van der Waals surface area contributed by atoms with Gasteiger partial charge in [0.1, 0.15) is 4.75 Å². The van der Waals surface area contributed by atoms with Gasteiger partial charge in [-0.2, -0.15) is 4.98 Å². The van der Waals surface area contributed by atoms with Gasteiger partial charge in [-0.15, -0.1) is 5.10 Å². The van der Waals surface area contributed by atoms with Crippen LogP contribution < -0.4 is 5.32 Å². The predicted molar refractivity (Wildman–Crippen MR) is 94.3 cm³/mol. The predicted octanol–water partition coefficient (Wildman–Crippen LogP) is 2.57. The molecule has 1 aliphatic rings. The van der Waals surface area contributed by atoms with Crippen LogP contribution in [0.1, 0.15) is 51.6 Å². The van der Waals surface area contributed by atoms with E-state index in [1.165, 1.54) is 6.42 Å². The summed E-state index contributed by atoms with van der Waals surface area (Å²) in [4.78, 5) is 16.8. The molecular formula is C16H23N5O3S. The fourth-order valence-corrected chi connectivity index (χ4v) is 4.77. The summed E-state index contributed by atoms with van der Waals surface area (Å²) in [7, 11) is -1.25. The first kappa shape index (κ1) is 17.8. The molecule has 136 valence electrons. The highest BCUT2D eigenvalue weighted by Gasteiger charge is 2.39. The lowest BCUT2D eigenvalue weighted by molar-refractivity contribution is -0.117. The van der Waals surface area contributed by atoms with Gasteiger partial charge in [0.15, 0.2) is 5.82 Å². The molecule has 0 spiro atoms. The van der Waals surface area contributed by atoms with E-state index in [0.717, 1.165) is 31.4 Å². The molecule has 3 rings (SSSR count). The lowest BCUT2D eigenvalue weighted by Gasteiger charge is -2.29. The molecule has 0 aromatic carbocycles. The number of H-pyrrole nitrogens is 1. The molecule has 1 fully saturated rings. The van der Waals surface area contributed by atoms with Gasteiger partial charge in [-0.25, -0.2) is 0 Å². The Kier molecular flexibility index (Phi) is 5.03. The lowest BCUT2D eigenvalue weighted by atomic mass is 10.0. The van der Waals surface area contributed by atoms with Crippen LogP contribution in [0.25, 0.3) is 11.6 Å². The van der Waals surface area contributed by atoms with E-state index < -0.39 is 15.5 Å². The number of aromatic amines is 1. The maximum absolute atomic E-state index is 12.9. The monoisotopic (exact) mass is 365 g/mol. The van der Waals surface area contributed by atoms with Crippen LogP contribution in [-0.2, 0) is 15.6 Å². The number of hydrogen-bond donors (Lipinski definition) is 2. The largest absolute Gasteiger partial charge is 0.353 e. The van der Waals surface area contributed by atoms with Gasteiger partial charge < -0.3 is 4.52 Å². The molecular weight excluding hydrogens is 342 g/mol. The van der Waals surface area contributed by atoms with Crippen molar-refractivity contribution in [2.75, 3.05) is 5.32 Å². The Hall–Kier alpha value is -2.03. The van der Waals surface area contributed by atoms with E-state index in [1.54, 1.807) is 26.8 Å². The number of amides is 1. The molecule has 1 saturated carbocycles. The smallest absolute Gasteiger partial charge is 0.249 e. The third-order valence-corrected chi connectivity index (χ3v) is 6.75. The van der Waals surface area contributed by atoms with Crippen molar-refractivity contribution in [3.05, 3.63) is 11.8 Å². The second-order valence-electron chi connectivity index (χ2n) is 6.86. The summed E-state index contributed by atoms with van der Waals surface area (Å²) in [5, 5.41) is 13.2. The number of carbonyl (C=O) groups excluding carboxylic acids is 1.